The van der Waals surface area contributed by atoms with Crippen LogP contribution in [-0.4, -0.2) is 15.8 Å². The van der Waals surface area contributed by atoms with Gasteiger partial charge >= 0.3 is 0 Å². The van der Waals surface area contributed by atoms with E-state index in [1.165, 1.54) is 12.3 Å². The second kappa shape index (κ2) is 4.74. The molecule has 1 N–H and O–H groups in total. The van der Waals surface area contributed by atoms with Crippen molar-refractivity contribution < 1.29 is 13.9 Å². The molecular formula is C17H15F2NO. The van der Waals surface area contributed by atoms with Crippen molar-refractivity contribution >= 4 is 10.8 Å². The van der Waals surface area contributed by atoms with E-state index in [1.807, 2.05) is 12.1 Å². The summed E-state index contributed by atoms with van der Waals surface area (Å²) >= 11 is 0. The predicted molar refractivity (Wildman–Crippen MR) is 78.1 cm³/mol. The molecule has 0 saturated carbocycles. The van der Waals surface area contributed by atoms with E-state index in [0.717, 1.165) is 11.5 Å². The highest BCUT2D eigenvalue weighted by Gasteiger charge is 2.57. The Morgan fingerprint density at radius 3 is 2.81 bits per heavy atom. The van der Waals surface area contributed by atoms with Gasteiger partial charge in [0.15, 0.2) is 11.3 Å². The van der Waals surface area contributed by atoms with Crippen molar-refractivity contribution in [1.29, 1.82) is 0 Å². The van der Waals surface area contributed by atoms with Crippen LogP contribution in [-0.2, 0) is 5.60 Å². The number of fused-ring (bicyclic) bond motifs is 1. The molecular weight excluding hydrogens is 272 g/mol. The molecule has 1 heterocycles. The summed E-state index contributed by atoms with van der Waals surface area (Å²) in [7, 11) is 0. The van der Waals surface area contributed by atoms with Crippen molar-refractivity contribution in [2.45, 2.75) is 24.1 Å². The van der Waals surface area contributed by atoms with Gasteiger partial charge in [-0.2, -0.15) is 0 Å². The van der Waals surface area contributed by atoms with E-state index in [2.05, 4.69) is 11.6 Å². The minimum absolute atomic E-state index is 0.0172. The van der Waals surface area contributed by atoms with Gasteiger partial charge in [-0.15, -0.1) is 0 Å². The standard InChI is InChI=1S/C17H15F2NO/c1-2-16(19)10-5-8-14(18)17(16,21)15-13-7-4-3-6-12(13)9-11-20-15/h2-4,6-9,11,21H,1,5,10H2. The maximum Gasteiger partial charge on any atom is 0.196 e. The fraction of sp³-hybridized carbons (Fsp3) is 0.235. The van der Waals surface area contributed by atoms with E-state index in [4.69, 9.17) is 0 Å². The Morgan fingerprint density at radius 2 is 2.05 bits per heavy atom. The first-order valence-corrected chi connectivity index (χ1v) is 6.78. The maximum absolute atomic E-state index is 15.1. The molecule has 0 aliphatic heterocycles. The molecule has 1 aliphatic carbocycles. The summed E-state index contributed by atoms with van der Waals surface area (Å²) in [5.41, 5.74) is -4.74. The predicted octanol–water partition coefficient (Wildman–Crippen LogP) is 3.96. The zero-order chi connectivity index (χ0) is 15.1. The number of halogens is 2. The maximum atomic E-state index is 15.1. The van der Waals surface area contributed by atoms with E-state index in [9.17, 15) is 9.50 Å². The largest absolute Gasteiger partial charge is 0.373 e. The Morgan fingerprint density at radius 1 is 1.29 bits per heavy atom. The van der Waals surface area contributed by atoms with E-state index < -0.39 is 17.1 Å². The van der Waals surface area contributed by atoms with Crippen LogP contribution in [0.25, 0.3) is 10.8 Å². The molecule has 1 aromatic carbocycles. The first kappa shape index (κ1) is 13.9. The third kappa shape index (κ3) is 1.83. The third-order valence-corrected chi connectivity index (χ3v) is 4.12. The van der Waals surface area contributed by atoms with Gasteiger partial charge in [-0.3, -0.25) is 4.98 Å². The Bertz CT molecular complexity index is 737. The van der Waals surface area contributed by atoms with Crippen molar-refractivity contribution in [2.24, 2.45) is 0 Å². The molecule has 3 rings (SSSR count). The molecule has 0 spiro atoms. The van der Waals surface area contributed by atoms with Crippen molar-refractivity contribution in [1.82, 2.24) is 4.98 Å². The van der Waals surface area contributed by atoms with Gasteiger partial charge in [-0.05, 0) is 30.4 Å². The summed E-state index contributed by atoms with van der Waals surface area (Å²) in [4.78, 5) is 4.08. The van der Waals surface area contributed by atoms with Crippen LogP contribution in [0.1, 0.15) is 18.5 Å². The number of benzene rings is 1. The molecule has 108 valence electrons. The highest BCUT2D eigenvalue weighted by molar-refractivity contribution is 5.85. The van der Waals surface area contributed by atoms with Gasteiger partial charge in [0.25, 0.3) is 0 Å². The summed E-state index contributed by atoms with van der Waals surface area (Å²) in [6.45, 7) is 3.43. The lowest BCUT2D eigenvalue weighted by Gasteiger charge is -2.41. The van der Waals surface area contributed by atoms with E-state index in [1.54, 1.807) is 18.2 Å². The summed E-state index contributed by atoms with van der Waals surface area (Å²) in [5.74, 6) is -0.917. The summed E-state index contributed by atoms with van der Waals surface area (Å²) in [6.07, 6.45) is 3.81. The van der Waals surface area contributed by atoms with Crippen molar-refractivity contribution in [3.8, 4) is 0 Å². The number of hydrogen-bond donors (Lipinski definition) is 1. The average molecular weight is 287 g/mol. The second-order valence-electron chi connectivity index (χ2n) is 5.25. The molecule has 2 unspecified atom stereocenters. The highest BCUT2D eigenvalue weighted by atomic mass is 19.2. The normalized spacial score (nSPS) is 29.2. The molecule has 0 radical (unpaired) electrons. The van der Waals surface area contributed by atoms with Crippen molar-refractivity contribution in [3.63, 3.8) is 0 Å². The fourth-order valence-corrected chi connectivity index (χ4v) is 2.90. The van der Waals surface area contributed by atoms with Gasteiger partial charge in [0.05, 0.1) is 5.69 Å². The lowest BCUT2D eigenvalue weighted by atomic mass is 9.73. The number of aliphatic hydroxyl groups is 1. The molecule has 4 heteroatoms. The van der Waals surface area contributed by atoms with Gasteiger partial charge in [0.2, 0.25) is 0 Å². The lowest BCUT2D eigenvalue weighted by molar-refractivity contribution is -0.0809. The molecule has 1 aromatic heterocycles. The smallest absolute Gasteiger partial charge is 0.196 e. The van der Waals surface area contributed by atoms with E-state index in [-0.39, 0.29) is 18.5 Å². The number of nitrogens with zero attached hydrogens (tertiary/aromatic N) is 1. The molecule has 0 bridgehead atoms. The number of allylic oxidation sites excluding steroid dienone is 1. The molecule has 0 amide bonds. The quantitative estimate of drug-likeness (QED) is 0.848. The minimum atomic E-state index is -2.44. The van der Waals surface area contributed by atoms with Crippen LogP contribution < -0.4 is 0 Å². The fourth-order valence-electron chi connectivity index (χ4n) is 2.90. The van der Waals surface area contributed by atoms with E-state index >= 15 is 4.39 Å². The van der Waals surface area contributed by atoms with Gasteiger partial charge in [-0.1, -0.05) is 36.9 Å². The molecule has 2 nitrogen and oxygen atoms in total. The van der Waals surface area contributed by atoms with Crippen LogP contribution in [0.15, 0.2) is 61.1 Å². The number of hydrogen-bond acceptors (Lipinski definition) is 2. The number of rotatable bonds is 2. The molecule has 2 aromatic rings. The minimum Gasteiger partial charge on any atom is -0.373 e. The van der Waals surface area contributed by atoms with Crippen LogP contribution >= 0.6 is 0 Å². The van der Waals surface area contributed by atoms with Gasteiger partial charge in [0.1, 0.15) is 5.83 Å². The van der Waals surface area contributed by atoms with Crippen molar-refractivity contribution in [2.75, 3.05) is 0 Å². The SMILES string of the molecule is C=CC1(F)CCC=C(F)C1(O)c1nccc2ccccc12. The van der Waals surface area contributed by atoms with E-state index in [0.29, 0.717) is 5.39 Å². The number of aromatic nitrogens is 1. The molecule has 21 heavy (non-hydrogen) atoms. The molecule has 1 aliphatic rings. The van der Waals surface area contributed by atoms with Gasteiger partial charge in [-0.25, -0.2) is 8.78 Å². The van der Waals surface area contributed by atoms with Crippen LogP contribution in [0.3, 0.4) is 0 Å². The summed E-state index contributed by atoms with van der Waals surface area (Å²) < 4.78 is 29.5. The Kier molecular flexibility index (Phi) is 3.14. The Hall–Kier alpha value is -2.07. The van der Waals surface area contributed by atoms with Gasteiger partial charge < -0.3 is 5.11 Å². The first-order chi connectivity index (χ1) is 10.0. The van der Waals surface area contributed by atoms with Gasteiger partial charge in [0, 0.05) is 11.6 Å². The van der Waals surface area contributed by atoms with Crippen LogP contribution in [0, 0.1) is 0 Å². The lowest BCUT2D eigenvalue weighted by Crippen LogP contribution is -2.50. The van der Waals surface area contributed by atoms with Crippen LogP contribution in [0.4, 0.5) is 8.78 Å². The third-order valence-electron chi connectivity index (χ3n) is 4.12. The zero-order valence-corrected chi connectivity index (χ0v) is 11.4. The average Bonchev–Trinajstić information content (AvgIpc) is 2.52. The monoisotopic (exact) mass is 287 g/mol. The Balaban J connectivity index is 2.35. The molecule has 0 fully saturated rings. The first-order valence-electron chi connectivity index (χ1n) is 6.78. The van der Waals surface area contributed by atoms with Crippen LogP contribution in [0.5, 0.6) is 0 Å². The number of pyridine rings is 1. The van der Waals surface area contributed by atoms with Crippen LogP contribution in [0.2, 0.25) is 0 Å². The summed E-state index contributed by atoms with van der Waals surface area (Å²) in [5, 5.41) is 12.2. The second-order valence-corrected chi connectivity index (χ2v) is 5.25. The zero-order valence-electron chi connectivity index (χ0n) is 11.4. The highest BCUT2D eigenvalue weighted by Crippen LogP contribution is 2.49. The molecule has 0 saturated heterocycles. The van der Waals surface area contributed by atoms with Crippen molar-refractivity contribution in [3.05, 3.63) is 66.8 Å². The topological polar surface area (TPSA) is 33.1 Å². The summed E-state index contributed by atoms with van der Waals surface area (Å²) in [6, 6.07) is 8.80. The number of alkyl halides is 1. The molecule has 2 atom stereocenters. The Labute approximate surface area is 121 Å².